The van der Waals surface area contributed by atoms with E-state index in [2.05, 4.69) is 30.4 Å². The predicted molar refractivity (Wildman–Crippen MR) is 68.2 cm³/mol. The molecule has 16 heavy (non-hydrogen) atoms. The third-order valence-electron chi connectivity index (χ3n) is 4.09. The van der Waals surface area contributed by atoms with Crippen LogP contribution in [0.5, 0.6) is 0 Å². The lowest BCUT2D eigenvalue weighted by molar-refractivity contribution is 0.286. The molecule has 0 amide bonds. The Balaban J connectivity index is 1.95. The second kappa shape index (κ2) is 4.77. The molecule has 2 fully saturated rings. The van der Waals surface area contributed by atoms with E-state index in [1.165, 1.54) is 38.6 Å². The number of rotatable bonds is 3. The molecular weight excluding hydrogens is 196 g/mol. The molecule has 0 bridgehead atoms. The molecule has 3 unspecified atom stereocenters. The van der Waals surface area contributed by atoms with E-state index in [0.717, 1.165) is 12.0 Å². The molecule has 0 spiro atoms. The minimum absolute atomic E-state index is 0.161. The van der Waals surface area contributed by atoms with Crippen LogP contribution in [0.1, 0.15) is 46.0 Å². The molecule has 1 aliphatic carbocycles. The molecule has 1 aliphatic heterocycles. The molecule has 3 atom stereocenters. The van der Waals surface area contributed by atoms with Gasteiger partial charge in [-0.15, -0.1) is 6.42 Å². The van der Waals surface area contributed by atoms with Gasteiger partial charge < -0.3 is 5.32 Å². The van der Waals surface area contributed by atoms with Crippen LogP contribution in [0, 0.1) is 18.3 Å². The minimum atomic E-state index is -0.161. The fraction of sp³-hybridized carbons (Fsp3) is 0.857. The van der Waals surface area contributed by atoms with E-state index in [-0.39, 0.29) is 5.54 Å². The molecule has 0 aromatic carbocycles. The van der Waals surface area contributed by atoms with Gasteiger partial charge in [-0.2, -0.15) is 0 Å². The van der Waals surface area contributed by atoms with Crippen LogP contribution in [0.4, 0.5) is 0 Å². The summed E-state index contributed by atoms with van der Waals surface area (Å²) >= 11 is 0. The lowest BCUT2D eigenvalue weighted by Crippen LogP contribution is -2.50. The summed E-state index contributed by atoms with van der Waals surface area (Å²) in [6.07, 6.45) is 12.2. The molecule has 1 saturated heterocycles. The molecule has 0 aromatic heterocycles. The molecule has 2 nitrogen and oxygen atoms in total. The van der Waals surface area contributed by atoms with Crippen LogP contribution in [0.2, 0.25) is 0 Å². The summed E-state index contributed by atoms with van der Waals surface area (Å²) < 4.78 is 0. The highest BCUT2D eigenvalue weighted by Crippen LogP contribution is 2.32. The van der Waals surface area contributed by atoms with E-state index in [1.54, 1.807) is 0 Å². The predicted octanol–water partition coefficient (Wildman–Crippen LogP) is 1.91. The van der Waals surface area contributed by atoms with Gasteiger partial charge in [0.1, 0.15) is 0 Å². The Kier molecular flexibility index (Phi) is 3.56. The number of hydrogen-bond acceptors (Lipinski definition) is 2. The smallest absolute Gasteiger partial charge is 0.0743 e. The van der Waals surface area contributed by atoms with Gasteiger partial charge in [0.05, 0.1) is 5.54 Å². The SMILES string of the molecule is C#CC(C)(C)NC1CCCC1C1CCCN1. The van der Waals surface area contributed by atoms with Crippen LogP contribution in [0.3, 0.4) is 0 Å². The normalized spacial score (nSPS) is 35.2. The van der Waals surface area contributed by atoms with E-state index in [0.29, 0.717) is 6.04 Å². The zero-order valence-corrected chi connectivity index (χ0v) is 10.6. The van der Waals surface area contributed by atoms with Gasteiger partial charge in [-0.25, -0.2) is 0 Å². The molecule has 2 aliphatic rings. The summed E-state index contributed by atoms with van der Waals surface area (Å²) in [4.78, 5) is 0. The molecule has 0 aromatic rings. The van der Waals surface area contributed by atoms with Crippen molar-refractivity contribution in [2.75, 3.05) is 6.54 Å². The average Bonchev–Trinajstić information content (AvgIpc) is 2.86. The monoisotopic (exact) mass is 220 g/mol. The molecular formula is C14H24N2. The Hall–Kier alpha value is -0.520. The summed E-state index contributed by atoms with van der Waals surface area (Å²) in [5.41, 5.74) is -0.161. The highest BCUT2D eigenvalue weighted by atomic mass is 15.0. The maximum Gasteiger partial charge on any atom is 0.0743 e. The topological polar surface area (TPSA) is 24.1 Å². The first-order chi connectivity index (χ1) is 7.62. The van der Waals surface area contributed by atoms with Crippen LogP contribution < -0.4 is 10.6 Å². The average molecular weight is 220 g/mol. The van der Waals surface area contributed by atoms with E-state index in [1.807, 2.05) is 0 Å². The second-order valence-electron chi connectivity index (χ2n) is 5.82. The van der Waals surface area contributed by atoms with E-state index < -0.39 is 0 Å². The lowest BCUT2D eigenvalue weighted by atomic mass is 9.91. The quantitative estimate of drug-likeness (QED) is 0.710. The first kappa shape index (κ1) is 12.0. The third kappa shape index (κ3) is 2.59. The van der Waals surface area contributed by atoms with Crippen LogP contribution >= 0.6 is 0 Å². The standard InChI is InChI=1S/C14H24N2/c1-4-14(2,3)16-13-8-5-7-11(13)12-9-6-10-15-12/h1,11-13,15-16H,5-10H2,2-3H3. The third-order valence-corrected chi connectivity index (χ3v) is 4.09. The van der Waals surface area contributed by atoms with Gasteiger partial charge in [-0.3, -0.25) is 5.32 Å². The summed E-state index contributed by atoms with van der Waals surface area (Å²) in [7, 11) is 0. The molecule has 1 saturated carbocycles. The van der Waals surface area contributed by atoms with Crippen molar-refractivity contribution in [2.45, 2.75) is 63.6 Å². The fourth-order valence-electron chi connectivity index (χ4n) is 3.23. The van der Waals surface area contributed by atoms with Crippen molar-refractivity contribution in [3.05, 3.63) is 0 Å². The van der Waals surface area contributed by atoms with Crippen LogP contribution in [-0.2, 0) is 0 Å². The van der Waals surface area contributed by atoms with E-state index in [9.17, 15) is 0 Å². The molecule has 2 heteroatoms. The number of nitrogens with one attached hydrogen (secondary N) is 2. The summed E-state index contributed by atoms with van der Waals surface area (Å²) in [6, 6.07) is 1.34. The zero-order valence-electron chi connectivity index (χ0n) is 10.6. The van der Waals surface area contributed by atoms with Crippen molar-refractivity contribution in [3.8, 4) is 12.3 Å². The Labute approximate surface area is 99.6 Å². The molecule has 90 valence electrons. The van der Waals surface area contributed by atoms with Crippen LogP contribution in [-0.4, -0.2) is 24.2 Å². The van der Waals surface area contributed by atoms with Crippen molar-refractivity contribution >= 4 is 0 Å². The maximum absolute atomic E-state index is 5.56. The highest BCUT2D eigenvalue weighted by Gasteiger charge is 2.36. The van der Waals surface area contributed by atoms with Gasteiger partial charge in [0.2, 0.25) is 0 Å². The van der Waals surface area contributed by atoms with Gasteiger partial charge >= 0.3 is 0 Å². The first-order valence-electron chi connectivity index (χ1n) is 6.61. The Morgan fingerprint density at radius 1 is 1.25 bits per heavy atom. The summed E-state index contributed by atoms with van der Waals surface area (Å²) in [5.74, 6) is 3.63. The second-order valence-corrected chi connectivity index (χ2v) is 5.82. The minimum Gasteiger partial charge on any atom is -0.314 e. The summed E-state index contributed by atoms with van der Waals surface area (Å²) in [6.45, 7) is 5.40. The van der Waals surface area contributed by atoms with Gasteiger partial charge in [0.25, 0.3) is 0 Å². The van der Waals surface area contributed by atoms with Crippen molar-refractivity contribution < 1.29 is 0 Å². The van der Waals surface area contributed by atoms with Crippen molar-refractivity contribution in [3.63, 3.8) is 0 Å². The van der Waals surface area contributed by atoms with E-state index in [4.69, 9.17) is 6.42 Å². The van der Waals surface area contributed by atoms with Gasteiger partial charge in [0, 0.05) is 12.1 Å². The number of hydrogen-bond donors (Lipinski definition) is 2. The van der Waals surface area contributed by atoms with E-state index >= 15 is 0 Å². The maximum atomic E-state index is 5.56. The van der Waals surface area contributed by atoms with Gasteiger partial charge in [-0.1, -0.05) is 12.3 Å². The van der Waals surface area contributed by atoms with Crippen LogP contribution in [0.15, 0.2) is 0 Å². The Bertz CT molecular complexity index is 271. The number of terminal acetylenes is 1. The molecule has 0 radical (unpaired) electrons. The summed E-state index contributed by atoms with van der Waals surface area (Å²) in [5, 5.41) is 7.30. The largest absolute Gasteiger partial charge is 0.314 e. The molecule has 2 N–H and O–H groups in total. The Morgan fingerprint density at radius 3 is 2.69 bits per heavy atom. The molecule has 2 rings (SSSR count). The van der Waals surface area contributed by atoms with Crippen molar-refractivity contribution in [1.29, 1.82) is 0 Å². The Morgan fingerprint density at radius 2 is 2.06 bits per heavy atom. The first-order valence-corrected chi connectivity index (χ1v) is 6.61. The lowest BCUT2D eigenvalue weighted by Gasteiger charge is -2.32. The van der Waals surface area contributed by atoms with Gasteiger partial charge in [-0.05, 0) is 52.0 Å². The van der Waals surface area contributed by atoms with Crippen LogP contribution in [0.25, 0.3) is 0 Å². The van der Waals surface area contributed by atoms with Crippen molar-refractivity contribution in [2.24, 2.45) is 5.92 Å². The molecule has 1 heterocycles. The fourth-order valence-corrected chi connectivity index (χ4v) is 3.23. The van der Waals surface area contributed by atoms with Crippen molar-refractivity contribution in [1.82, 2.24) is 10.6 Å². The van der Waals surface area contributed by atoms with Gasteiger partial charge in [0.15, 0.2) is 0 Å². The zero-order chi connectivity index (χ0) is 11.6. The highest BCUT2D eigenvalue weighted by molar-refractivity contribution is 5.10.